The van der Waals surface area contributed by atoms with E-state index >= 15 is 0 Å². The molecule has 1 aliphatic heterocycles. The molecule has 0 aliphatic carbocycles. The number of rotatable bonds is 20. The number of nitrogens with zero attached hydrogens (tertiary/aromatic N) is 3. The quantitative estimate of drug-likeness (QED) is 0.0607. The first-order valence-electron chi connectivity index (χ1n) is 24.9. The Labute approximate surface area is 433 Å². The second-order valence-electron chi connectivity index (χ2n) is 21.2. The number of methoxy groups -OCH3 is 1. The third kappa shape index (κ3) is 19.9. The van der Waals surface area contributed by atoms with Crippen molar-refractivity contribution < 1.29 is 57.3 Å². The summed E-state index contributed by atoms with van der Waals surface area (Å²) in [5.41, 5.74) is -2.23. The third-order valence-corrected chi connectivity index (χ3v) is 11.3. The SMILES string of the molecule is CCCC[C@@H](NC(=O)[C@@H](Cc1ccccc1)NC(=O)[C@@H](Cc1ccccc1)NC(=O)OC(C)(C)C)C(=O)N[C@H](Cc1cnc(NC(=O)OC(C)(C)C)nc1)C(=O)N1CCC(NC(=O)OC(C)(C)C)(C(=O)OC)CC1. The van der Waals surface area contributed by atoms with Gasteiger partial charge in [-0.15, -0.1) is 0 Å². The number of anilines is 1. The molecule has 6 N–H and O–H groups in total. The third-order valence-electron chi connectivity index (χ3n) is 11.3. The molecule has 74 heavy (non-hydrogen) atoms. The van der Waals surface area contributed by atoms with Crippen LogP contribution in [0.15, 0.2) is 73.1 Å². The fraction of sp³-hybridized carbons (Fsp3) is 0.547. The molecule has 7 amide bonds. The predicted octanol–water partition coefficient (Wildman–Crippen LogP) is 5.45. The van der Waals surface area contributed by atoms with Crippen LogP contribution in [0.3, 0.4) is 0 Å². The maximum absolute atomic E-state index is 14.7. The number of amides is 7. The van der Waals surface area contributed by atoms with Gasteiger partial charge in [0.15, 0.2) is 0 Å². The van der Waals surface area contributed by atoms with Crippen LogP contribution in [-0.4, -0.2) is 129 Å². The van der Waals surface area contributed by atoms with E-state index in [1.807, 2.05) is 19.1 Å². The lowest BCUT2D eigenvalue weighted by Crippen LogP contribution is -2.63. The average molecular weight is 1030 g/mol. The number of carbonyl (C=O) groups excluding carboxylic acids is 8. The van der Waals surface area contributed by atoms with Crippen LogP contribution >= 0.6 is 0 Å². The van der Waals surface area contributed by atoms with Crippen LogP contribution in [0.5, 0.6) is 0 Å². The van der Waals surface area contributed by atoms with Crippen LogP contribution in [0.4, 0.5) is 20.3 Å². The first-order chi connectivity index (χ1) is 34.7. The number of piperidine rings is 1. The van der Waals surface area contributed by atoms with Crippen LogP contribution in [0.2, 0.25) is 0 Å². The number of carbonyl (C=O) groups is 8. The van der Waals surface area contributed by atoms with Crippen molar-refractivity contribution in [3.05, 3.63) is 89.7 Å². The van der Waals surface area contributed by atoms with E-state index in [-0.39, 0.29) is 57.6 Å². The number of unbranched alkanes of at least 4 members (excludes halogenated alkanes) is 1. The number of aromatic nitrogens is 2. The van der Waals surface area contributed by atoms with E-state index in [4.69, 9.17) is 18.9 Å². The highest BCUT2D eigenvalue weighted by Crippen LogP contribution is 2.26. The van der Waals surface area contributed by atoms with E-state index in [2.05, 4.69) is 41.9 Å². The molecule has 0 spiro atoms. The van der Waals surface area contributed by atoms with Crippen molar-refractivity contribution >= 4 is 53.8 Å². The highest BCUT2D eigenvalue weighted by molar-refractivity contribution is 5.96. The zero-order valence-electron chi connectivity index (χ0n) is 44.5. The second-order valence-corrected chi connectivity index (χ2v) is 21.2. The molecule has 1 saturated heterocycles. The molecule has 404 valence electrons. The Morgan fingerprint density at radius 1 is 0.581 bits per heavy atom. The predicted molar refractivity (Wildman–Crippen MR) is 274 cm³/mol. The van der Waals surface area contributed by atoms with E-state index in [1.165, 1.54) is 24.4 Å². The molecule has 4 atom stereocenters. The standard InChI is InChI=1S/C53H75N9O12/c1-12-13-24-37(56-42(64)38(29-34-20-16-14-17-21-34)57-43(65)39(30-35-22-18-15-19-23-35)59-47(68)72-50(2,3)4)41(63)58-40(31-36-32-54-46(55-33-36)60-48(69)73-51(5,6)7)44(66)62-27-25-53(26-28-62,45(67)71-11)61-49(70)74-52(8,9)10/h14-23,32-33,37-40H,12-13,24-31H2,1-11H3,(H,56,64)(H,57,65)(H,58,63)(H,59,68)(H,61,70)(H,54,55,60,69)/t37-,38-,39-,40-/m1/s1. The van der Waals surface area contributed by atoms with Gasteiger partial charge in [0.05, 0.1) is 7.11 Å². The normalized spacial score (nSPS) is 15.1. The number of alkyl carbamates (subject to hydrolysis) is 2. The lowest BCUT2D eigenvalue weighted by Gasteiger charge is -2.41. The Morgan fingerprint density at radius 2 is 1.01 bits per heavy atom. The lowest BCUT2D eigenvalue weighted by atomic mass is 9.87. The van der Waals surface area contributed by atoms with Gasteiger partial charge in [0.25, 0.3) is 0 Å². The van der Waals surface area contributed by atoms with E-state index in [9.17, 15) is 38.4 Å². The van der Waals surface area contributed by atoms with E-state index in [0.29, 0.717) is 24.0 Å². The van der Waals surface area contributed by atoms with Crippen molar-refractivity contribution in [2.45, 2.75) is 167 Å². The first-order valence-corrected chi connectivity index (χ1v) is 24.9. The molecule has 0 saturated carbocycles. The van der Waals surface area contributed by atoms with Crippen LogP contribution in [0.1, 0.15) is 118 Å². The minimum Gasteiger partial charge on any atom is -0.467 e. The zero-order valence-corrected chi connectivity index (χ0v) is 44.5. The largest absolute Gasteiger partial charge is 0.467 e. The highest BCUT2D eigenvalue weighted by Gasteiger charge is 2.46. The topological polar surface area (TPSA) is 275 Å². The van der Waals surface area contributed by atoms with Gasteiger partial charge in [0.2, 0.25) is 29.6 Å². The molecular formula is C53H75N9O12. The van der Waals surface area contributed by atoms with Crippen molar-refractivity contribution in [2.75, 3.05) is 25.5 Å². The number of hydrogen-bond acceptors (Lipinski definition) is 14. The van der Waals surface area contributed by atoms with E-state index in [0.717, 1.165) is 5.56 Å². The van der Waals surface area contributed by atoms with Crippen molar-refractivity contribution in [2.24, 2.45) is 0 Å². The minimum absolute atomic E-state index is 0.00965. The molecule has 2 aromatic carbocycles. The van der Waals surface area contributed by atoms with Gasteiger partial charge in [-0.25, -0.2) is 29.1 Å². The maximum Gasteiger partial charge on any atom is 0.414 e. The maximum atomic E-state index is 14.7. The van der Waals surface area contributed by atoms with Crippen molar-refractivity contribution in [1.29, 1.82) is 0 Å². The fourth-order valence-corrected chi connectivity index (χ4v) is 7.82. The van der Waals surface area contributed by atoms with Crippen LogP contribution in [-0.2, 0) is 62.2 Å². The number of hydrogen-bond donors (Lipinski definition) is 6. The monoisotopic (exact) mass is 1030 g/mol. The Bertz CT molecular complexity index is 2380. The van der Waals surface area contributed by atoms with Gasteiger partial charge in [-0.1, -0.05) is 80.4 Å². The summed E-state index contributed by atoms with van der Waals surface area (Å²) < 4.78 is 21.3. The van der Waals surface area contributed by atoms with Gasteiger partial charge < -0.3 is 50.4 Å². The highest BCUT2D eigenvalue weighted by atomic mass is 16.6. The lowest BCUT2D eigenvalue weighted by molar-refractivity contribution is -0.153. The summed E-state index contributed by atoms with van der Waals surface area (Å²) in [7, 11) is 1.19. The van der Waals surface area contributed by atoms with E-state index in [1.54, 1.807) is 111 Å². The summed E-state index contributed by atoms with van der Waals surface area (Å²) in [5, 5.41) is 16.3. The summed E-state index contributed by atoms with van der Waals surface area (Å²) >= 11 is 0. The van der Waals surface area contributed by atoms with Gasteiger partial charge in [-0.2, -0.15) is 0 Å². The number of ether oxygens (including phenoxy) is 4. The average Bonchev–Trinajstić information content (AvgIpc) is 3.31. The van der Waals surface area contributed by atoms with Crippen molar-refractivity contribution in [3.63, 3.8) is 0 Å². The second kappa shape index (κ2) is 26.6. The number of likely N-dealkylation sites (tertiary alicyclic amines) is 1. The number of nitrogens with one attached hydrogen (secondary N) is 6. The Morgan fingerprint density at radius 3 is 1.50 bits per heavy atom. The molecule has 0 radical (unpaired) electrons. The summed E-state index contributed by atoms with van der Waals surface area (Å²) in [5.74, 6) is -3.44. The Balaban J connectivity index is 1.64. The van der Waals surface area contributed by atoms with Crippen molar-refractivity contribution in [3.8, 4) is 0 Å². The molecule has 21 nitrogen and oxygen atoms in total. The van der Waals surface area contributed by atoms with Gasteiger partial charge >= 0.3 is 24.2 Å². The molecule has 0 bridgehead atoms. The van der Waals surface area contributed by atoms with Crippen LogP contribution in [0, 0.1) is 0 Å². The zero-order chi connectivity index (χ0) is 54.9. The molecule has 4 rings (SSSR count). The summed E-state index contributed by atoms with van der Waals surface area (Å²) in [6.45, 7) is 17.1. The smallest absolute Gasteiger partial charge is 0.414 e. The molecule has 1 aromatic heterocycles. The number of esters is 1. The first kappa shape index (κ1) is 59.2. The van der Waals surface area contributed by atoms with Gasteiger partial charge in [0.1, 0.15) is 46.5 Å². The molecule has 21 heteroatoms. The molecule has 1 fully saturated rings. The minimum atomic E-state index is -1.52. The summed E-state index contributed by atoms with van der Waals surface area (Å²) in [6, 6.07) is 13.1. The van der Waals surface area contributed by atoms with Crippen LogP contribution in [0.25, 0.3) is 0 Å². The van der Waals surface area contributed by atoms with E-state index < -0.39 is 94.4 Å². The molecule has 2 heterocycles. The Hall–Kier alpha value is -7.32. The number of benzene rings is 2. The van der Waals surface area contributed by atoms with Crippen LogP contribution < -0.4 is 31.9 Å². The molecule has 3 aromatic rings. The summed E-state index contributed by atoms with van der Waals surface area (Å²) in [6.07, 6.45) is 1.39. The molecular weight excluding hydrogens is 955 g/mol. The van der Waals surface area contributed by atoms with Gasteiger partial charge in [-0.3, -0.25) is 24.5 Å². The van der Waals surface area contributed by atoms with Gasteiger partial charge in [-0.05, 0) is 98.3 Å². The Kier molecular flexibility index (Phi) is 21.3. The van der Waals surface area contributed by atoms with Gasteiger partial charge in [0, 0.05) is 44.7 Å². The van der Waals surface area contributed by atoms with Crippen molar-refractivity contribution in [1.82, 2.24) is 41.5 Å². The molecule has 1 aliphatic rings. The fourth-order valence-electron chi connectivity index (χ4n) is 7.82. The molecule has 0 unspecified atom stereocenters. The summed E-state index contributed by atoms with van der Waals surface area (Å²) in [4.78, 5) is 120.